The van der Waals surface area contributed by atoms with Crippen molar-refractivity contribution < 1.29 is 27.4 Å². The van der Waals surface area contributed by atoms with Gasteiger partial charge in [0.15, 0.2) is 9.84 Å². The zero-order valence-corrected chi connectivity index (χ0v) is 14.5. The van der Waals surface area contributed by atoms with E-state index in [2.05, 4.69) is 6.58 Å². The monoisotopic (exact) mass is 362 g/mol. The van der Waals surface area contributed by atoms with Gasteiger partial charge in [-0.25, -0.2) is 17.2 Å². The van der Waals surface area contributed by atoms with Crippen molar-refractivity contribution in [3.05, 3.63) is 34.8 Å². The highest BCUT2D eigenvalue weighted by Gasteiger charge is 2.41. The lowest BCUT2D eigenvalue weighted by Gasteiger charge is -2.30. The van der Waals surface area contributed by atoms with Crippen LogP contribution in [0.3, 0.4) is 0 Å². The third-order valence-electron chi connectivity index (χ3n) is 4.75. The summed E-state index contributed by atoms with van der Waals surface area (Å²) in [6.45, 7) is 3.74. The lowest BCUT2D eigenvalue weighted by atomic mass is 9.78. The van der Waals surface area contributed by atoms with Crippen LogP contribution in [0.5, 0.6) is 0 Å². The average molecular weight is 362 g/mol. The van der Waals surface area contributed by atoms with E-state index in [1.165, 1.54) is 12.2 Å². The molecule has 0 aliphatic heterocycles. The molecule has 24 heavy (non-hydrogen) atoms. The van der Waals surface area contributed by atoms with Gasteiger partial charge >= 0.3 is 0 Å². The van der Waals surface area contributed by atoms with E-state index in [1.807, 2.05) is 0 Å². The molecule has 2 N–H and O–H groups in total. The Morgan fingerprint density at radius 2 is 1.92 bits per heavy atom. The molecule has 2 aliphatic rings. The van der Waals surface area contributed by atoms with Gasteiger partial charge in [-0.3, -0.25) is 0 Å². The second-order valence-corrected chi connectivity index (χ2v) is 8.87. The van der Waals surface area contributed by atoms with Crippen molar-refractivity contribution in [2.75, 3.05) is 6.26 Å². The Morgan fingerprint density at radius 1 is 1.25 bits per heavy atom. The van der Waals surface area contributed by atoms with E-state index in [4.69, 9.17) is 0 Å². The fraction of sp³-hybridized carbons (Fsp3) is 0.647. The number of sulfone groups is 1. The number of aliphatic hydroxyl groups excluding tert-OH is 2. The van der Waals surface area contributed by atoms with Gasteiger partial charge in [0.1, 0.15) is 6.10 Å². The van der Waals surface area contributed by atoms with Gasteiger partial charge in [-0.15, -0.1) is 0 Å². The molecule has 0 aromatic carbocycles. The van der Waals surface area contributed by atoms with E-state index in [0.29, 0.717) is 18.4 Å². The summed E-state index contributed by atoms with van der Waals surface area (Å²) >= 11 is 0. The molecule has 0 unspecified atom stereocenters. The molecule has 1 saturated carbocycles. The van der Waals surface area contributed by atoms with Gasteiger partial charge in [-0.05, 0) is 42.4 Å². The van der Waals surface area contributed by atoms with Gasteiger partial charge < -0.3 is 10.2 Å². The zero-order chi connectivity index (χ0) is 18.1. The summed E-state index contributed by atoms with van der Waals surface area (Å²) in [5, 5.41) is 19.6. The van der Waals surface area contributed by atoms with Crippen molar-refractivity contribution in [2.24, 2.45) is 5.92 Å². The van der Waals surface area contributed by atoms with E-state index in [9.17, 15) is 27.4 Å². The summed E-state index contributed by atoms with van der Waals surface area (Å²) in [5.41, 5.74) is 0.729. The van der Waals surface area contributed by atoms with Gasteiger partial charge in [0.05, 0.1) is 6.10 Å². The molecule has 4 nitrogen and oxygen atoms in total. The maximum Gasteiger partial charge on any atom is 0.277 e. The molecule has 2 rings (SSSR count). The summed E-state index contributed by atoms with van der Waals surface area (Å²) in [7, 11) is -3.70. The molecule has 7 heteroatoms. The first kappa shape index (κ1) is 19.3. The summed E-state index contributed by atoms with van der Waals surface area (Å²) in [4.78, 5) is -0.224. The molecule has 0 saturated heterocycles. The third-order valence-corrected chi connectivity index (χ3v) is 6.01. The number of halogens is 2. The van der Waals surface area contributed by atoms with Crippen LogP contribution < -0.4 is 0 Å². The molecule has 0 spiro atoms. The van der Waals surface area contributed by atoms with E-state index in [0.717, 1.165) is 19.1 Å². The normalized spacial score (nSPS) is 34.4. The van der Waals surface area contributed by atoms with Crippen LogP contribution in [0.15, 0.2) is 34.8 Å². The Bertz CT molecular complexity index is 664. The predicted octanol–water partition coefficient (Wildman–Crippen LogP) is 2.74. The summed E-state index contributed by atoms with van der Waals surface area (Å²) in [6, 6.07) is 0. The maximum atomic E-state index is 14.2. The van der Waals surface area contributed by atoms with Gasteiger partial charge in [0.2, 0.25) is 0 Å². The highest BCUT2D eigenvalue weighted by molar-refractivity contribution is 7.94. The molecule has 0 heterocycles. The summed E-state index contributed by atoms with van der Waals surface area (Å²) < 4.78 is 52.1. The van der Waals surface area contributed by atoms with Crippen LogP contribution in [0.1, 0.15) is 38.5 Å². The largest absolute Gasteiger partial charge is 0.393 e. The second-order valence-electron chi connectivity index (χ2n) is 6.81. The SMILES string of the molecule is C=C1CC(F)(F)[C@@H](O)C/C(S(C)(=O)=O)=C\C=C1[C@H]1CCC[C@@H](O)C1. The van der Waals surface area contributed by atoms with Crippen LogP contribution in [0.2, 0.25) is 0 Å². The zero-order valence-electron chi connectivity index (χ0n) is 13.7. The summed E-state index contributed by atoms with van der Waals surface area (Å²) in [6.07, 6.45) is 2.46. The molecule has 3 atom stereocenters. The second kappa shape index (κ2) is 7.06. The molecule has 2 aliphatic carbocycles. The Balaban J connectivity index is 2.45. The molecule has 0 aromatic heterocycles. The molecular weight excluding hydrogens is 338 g/mol. The van der Waals surface area contributed by atoms with Crippen LogP contribution in [0.4, 0.5) is 8.78 Å². The van der Waals surface area contributed by atoms with E-state index >= 15 is 0 Å². The minimum Gasteiger partial charge on any atom is -0.393 e. The van der Waals surface area contributed by atoms with E-state index in [1.54, 1.807) is 0 Å². The van der Waals surface area contributed by atoms with E-state index < -0.39 is 40.8 Å². The molecule has 0 aromatic rings. The summed E-state index contributed by atoms with van der Waals surface area (Å²) in [5.74, 6) is -3.60. The number of hydrogen-bond acceptors (Lipinski definition) is 4. The van der Waals surface area contributed by atoms with Crippen LogP contribution in [0, 0.1) is 5.92 Å². The first-order valence-corrected chi connectivity index (χ1v) is 9.92. The quantitative estimate of drug-likeness (QED) is 0.792. The van der Waals surface area contributed by atoms with Crippen LogP contribution in [-0.4, -0.2) is 43.0 Å². The highest BCUT2D eigenvalue weighted by atomic mass is 32.2. The number of alkyl halides is 2. The van der Waals surface area contributed by atoms with Crippen LogP contribution in [-0.2, 0) is 9.84 Å². The van der Waals surface area contributed by atoms with Crippen molar-refractivity contribution in [3.8, 4) is 0 Å². The number of allylic oxidation sites excluding steroid dienone is 4. The average Bonchev–Trinajstić information content (AvgIpc) is 2.47. The number of hydrogen-bond donors (Lipinski definition) is 2. The Kier molecular flexibility index (Phi) is 5.67. The van der Waals surface area contributed by atoms with E-state index in [-0.39, 0.29) is 16.4 Å². The van der Waals surface area contributed by atoms with Gasteiger partial charge in [-0.2, -0.15) is 0 Å². The first-order valence-electron chi connectivity index (χ1n) is 8.03. The molecule has 0 amide bonds. The fourth-order valence-electron chi connectivity index (χ4n) is 3.36. The lowest BCUT2D eigenvalue weighted by Crippen LogP contribution is -2.35. The fourth-order valence-corrected chi connectivity index (χ4v) is 4.13. The molecular formula is C17H24F2O4S. The van der Waals surface area contributed by atoms with Crippen LogP contribution >= 0.6 is 0 Å². The van der Waals surface area contributed by atoms with Crippen LogP contribution in [0.25, 0.3) is 0 Å². The van der Waals surface area contributed by atoms with Crippen molar-refractivity contribution in [1.29, 1.82) is 0 Å². The Labute approximate surface area is 141 Å². The molecule has 136 valence electrons. The number of rotatable bonds is 2. The highest BCUT2D eigenvalue weighted by Crippen LogP contribution is 2.40. The van der Waals surface area contributed by atoms with Gasteiger partial charge in [0.25, 0.3) is 5.92 Å². The lowest BCUT2D eigenvalue weighted by molar-refractivity contribution is -0.105. The standard InChI is InChI=1S/C17H24F2O4S/c1-11-10-17(18,19)16(21)9-14(24(2,22)23)6-7-15(11)12-4-3-5-13(20)8-12/h6-7,12-13,16,20-21H,1,3-5,8-10H2,2H3/b14-6+,15-7?/t12-,13+,16-/m0/s1. The van der Waals surface area contributed by atoms with Crippen molar-refractivity contribution in [2.45, 2.75) is 56.7 Å². The molecule has 0 radical (unpaired) electrons. The smallest absolute Gasteiger partial charge is 0.277 e. The topological polar surface area (TPSA) is 74.6 Å². The predicted molar refractivity (Wildman–Crippen MR) is 88.3 cm³/mol. The minimum absolute atomic E-state index is 0.135. The first-order chi connectivity index (χ1) is 11.0. The van der Waals surface area contributed by atoms with Crippen molar-refractivity contribution in [3.63, 3.8) is 0 Å². The third kappa shape index (κ3) is 4.52. The van der Waals surface area contributed by atoms with Crippen molar-refractivity contribution >= 4 is 9.84 Å². The van der Waals surface area contributed by atoms with Gasteiger partial charge in [0, 0.05) is 24.0 Å². The molecule has 0 bridgehead atoms. The Hall–Kier alpha value is -1.05. The van der Waals surface area contributed by atoms with Crippen molar-refractivity contribution in [1.82, 2.24) is 0 Å². The molecule has 1 fully saturated rings. The van der Waals surface area contributed by atoms with Gasteiger partial charge in [-0.1, -0.05) is 19.1 Å². The Morgan fingerprint density at radius 3 is 2.50 bits per heavy atom. The number of aliphatic hydroxyl groups is 2. The minimum atomic E-state index is -3.70. The maximum absolute atomic E-state index is 14.2.